The van der Waals surface area contributed by atoms with Crippen LogP contribution in [0.25, 0.3) is 0 Å². The molecule has 0 spiro atoms. The lowest BCUT2D eigenvalue weighted by Gasteiger charge is -2.25. The van der Waals surface area contributed by atoms with Gasteiger partial charge in [0.15, 0.2) is 0 Å². The van der Waals surface area contributed by atoms with E-state index in [-0.39, 0.29) is 10.8 Å². The lowest BCUT2D eigenvalue weighted by Crippen LogP contribution is -2.22. The van der Waals surface area contributed by atoms with Crippen LogP contribution >= 0.6 is 17.7 Å². The third kappa shape index (κ3) is 4.21. The van der Waals surface area contributed by atoms with Gasteiger partial charge >= 0.3 is 0 Å². The molecule has 136 valence electrons. The van der Waals surface area contributed by atoms with E-state index in [0.717, 1.165) is 32.9 Å². The molecule has 2 aromatic carbocycles. The Hall–Kier alpha value is -1.04. The minimum Gasteiger partial charge on any atom is -0.296 e. The van der Waals surface area contributed by atoms with E-state index < -0.39 is 6.49 Å². The van der Waals surface area contributed by atoms with Gasteiger partial charge in [0.05, 0.1) is 0 Å². The summed E-state index contributed by atoms with van der Waals surface area (Å²) >= 11 is 6.80. The fourth-order valence-corrected chi connectivity index (χ4v) is 5.92. The summed E-state index contributed by atoms with van der Waals surface area (Å²) in [6, 6.07) is 12.3. The Bertz CT molecular complexity index is 771. The van der Waals surface area contributed by atoms with E-state index in [2.05, 4.69) is 53.7 Å². The number of hydrogen-bond donors (Lipinski definition) is 0. The Morgan fingerprint density at radius 2 is 1.04 bits per heavy atom. The molecule has 0 atom stereocenters. The fourth-order valence-electron chi connectivity index (χ4n) is 2.90. The van der Waals surface area contributed by atoms with Crippen LogP contribution in [-0.4, -0.2) is 0 Å². The number of benzene rings is 2. The largest absolute Gasteiger partial charge is 0.296 e. The van der Waals surface area contributed by atoms with Crippen LogP contribution in [0, 0.1) is 13.8 Å². The summed E-state index contributed by atoms with van der Waals surface area (Å²) in [4.78, 5) is 0. The molecule has 0 N–H and O–H groups in total. The smallest absolute Gasteiger partial charge is 0.226 e. The Morgan fingerprint density at radius 1 is 0.720 bits per heavy atom. The molecule has 25 heavy (non-hydrogen) atoms. The van der Waals surface area contributed by atoms with Crippen molar-refractivity contribution in [3.63, 3.8) is 0 Å². The van der Waals surface area contributed by atoms with E-state index >= 15 is 0 Å². The number of rotatable bonds is 2. The predicted octanol–water partition coefficient (Wildman–Crippen LogP) is 6.37. The lowest BCUT2D eigenvalue weighted by atomic mass is 9.87. The molecule has 0 aliphatic heterocycles. The van der Waals surface area contributed by atoms with Gasteiger partial charge in [0.1, 0.15) is 0 Å². The maximum absolute atomic E-state index is 13.8. The number of aryl methyl sites for hydroxylation is 2. The first kappa shape index (κ1) is 20.3. The molecule has 0 aromatic heterocycles. The zero-order chi connectivity index (χ0) is 19.2. The summed E-state index contributed by atoms with van der Waals surface area (Å²) in [5, 5.41) is 1.52. The van der Waals surface area contributed by atoms with Crippen molar-refractivity contribution in [2.24, 2.45) is 0 Å². The van der Waals surface area contributed by atoms with Crippen LogP contribution in [0.15, 0.2) is 36.4 Å². The highest BCUT2D eigenvalue weighted by Gasteiger charge is 2.30. The molecule has 1 nitrogen and oxygen atoms in total. The second-order valence-corrected chi connectivity index (χ2v) is 12.5. The van der Waals surface area contributed by atoms with Crippen molar-refractivity contribution >= 4 is 28.3 Å². The molecule has 0 saturated heterocycles. The normalized spacial score (nSPS) is 13.2. The molecule has 0 aliphatic rings. The first-order valence-corrected chi connectivity index (χ1v) is 11.4. The van der Waals surface area contributed by atoms with Crippen LogP contribution in [0.1, 0.15) is 63.8 Å². The van der Waals surface area contributed by atoms with Crippen molar-refractivity contribution in [3.8, 4) is 0 Å². The van der Waals surface area contributed by atoms with Crippen LogP contribution in [0.5, 0.6) is 0 Å². The van der Waals surface area contributed by atoms with Crippen LogP contribution in [0.4, 0.5) is 0 Å². The summed E-state index contributed by atoms with van der Waals surface area (Å²) in [5.41, 5.74) is 4.24. The monoisotopic (exact) mass is 376 g/mol. The second-order valence-electron chi connectivity index (χ2n) is 9.03. The molecule has 2 aromatic rings. The van der Waals surface area contributed by atoms with Crippen LogP contribution in [0.2, 0.25) is 0 Å². The van der Waals surface area contributed by atoms with Gasteiger partial charge in [0.25, 0.3) is 0 Å². The molecule has 0 heterocycles. The van der Waals surface area contributed by atoms with Gasteiger partial charge in [-0.15, -0.1) is 0 Å². The van der Waals surface area contributed by atoms with Gasteiger partial charge in [-0.2, -0.15) is 0 Å². The van der Waals surface area contributed by atoms with Crippen molar-refractivity contribution in [1.29, 1.82) is 0 Å². The Kier molecular flexibility index (Phi) is 5.35. The van der Waals surface area contributed by atoms with Crippen molar-refractivity contribution in [1.82, 2.24) is 0 Å². The van der Waals surface area contributed by atoms with Crippen molar-refractivity contribution in [3.05, 3.63) is 58.7 Å². The Morgan fingerprint density at radius 3 is 1.32 bits per heavy atom. The molecule has 0 radical (unpaired) electrons. The third-order valence-electron chi connectivity index (χ3n) is 4.77. The summed E-state index contributed by atoms with van der Waals surface area (Å²) in [6.45, 7) is 13.7. The van der Waals surface area contributed by atoms with E-state index in [1.807, 2.05) is 38.1 Å². The molecule has 0 aliphatic carbocycles. The average molecular weight is 377 g/mol. The van der Waals surface area contributed by atoms with Crippen LogP contribution in [-0.2, 0) is 15.4 Å². The van der Waals surface area contributed by atoms with Gasteiger partial charge in [0, 0.05) is 10.6 Å². The van der Waals surface area contributed by atoms with Crippen LogP contribution < -0.4 is 10.6 Å². The molecule has 3 heteroatoms. The van der Waals surface area contributed by atoms with E-state index in [1.165, 1.54) is 0 Å². The van der Waals surface area contributed by atoms with E-state index in [1.54, 1.807) is 0 Å². The minimum atomic E-state index is -3.19. The van der Waals surface area contributed by atoms with Crippen molar-refractivity contribution < 1.29 is 4.57 Å². The summed E-state index contributed by atoms with van der Waals surface area (Å²) in [7, 11) is 0. The molecule has 0 unspecified atom stereocenters. The highest BCUT2D eigenvalue weighted by molar-refractivity contribution is 8.00. The maximum atomic E-state index is 13.8. The van der Waals surface area contributed by atoms with Gasteiger partial charge in [-0.1, -0.05) is 65.8 Å². The third-order valence-corrected chi connectivity index (χ3v) is 8.07. The lowest BCUT2D eigenvalue weighted by molar-refractivity contribution is 0.588. The van der Waals surface area contributed by atoms with Crippen LogP contribution in [0.3, 0.4) is 0 Å². The molecular weight excluding hydrogens is 347 g/mol. The molecule has 0 amide bonds. The topological polar surface area (TPSA) is 17.1 Å². The van der Waals surface area contributed by atoms with Crippen molar-refractivity contribution in [2.45, 2.75) is 66.2 Å². The molecule has 0 bridgehead atoms. The number of hydrogen-bond acceptors (Lipinski definition) is 1. The van der Waals surface area contributed by atoms with E-state index in [4.69, 9.17) is 11.2 Å². The standard InChI is InChI=1S/C22H30ClOP/c1-15-9-11-17(21(3,4)5)13-19(15)25(23,24)20-14-18(22(6,7)8)12-10-16(20)2/h9-14H,1-8H3. The summed E-state index contributed by atoms with van der Waals surface area (Å²) in [5.74, 6) is 0. The number of halogens is 1. The van der Waals surface area contributed by atoms with Gasteiger partial charge in [-0.3, -0.25) is 4.57 Å². The predicted molar refractivity (Wildman–Crippen MR) is 112 cm³/mol. The Balaban J connectivity index is 2.70. The Labute approximate surface area is 158 Å². The van der Waals surface area contributed by atoms with Gasteiger partial charge < -0.3 is 0 Å². The first-order chi connectivity index (χ1) is 11.2. The molecule has 0 fully saturated rings. The summed E-state index contributed by atoms with van der Waals surface area (Å²) < 4.78 is 13.8. The molecule has 2 rings (SSSR count). The molecule has 0 saturated carbocycles. The maximum Gasteiger partial charge on any atom is 0.226 e. The minimum absolute atomic E-state index is 0.0123. The highest BCUT2D eigenvalue weighted by Crippen LogP contribution is 2.51. The van der Waals surface area contributed by atoms with E-state index in [0.29, 0.717) is 0 Å². The van der Waals surface area contributed by atoms with Gasteiger partial charge in [-0.25, -0.2) is 0 Å². The van der Waals surface area contributed by atoms with Gasteiger partial charge in [-0.05, 0) is 70.3 Å². The average Bonchev–Trinajstić information content (AvgIpc) is 2.45. The fraction of sp³-hybridized carbons (Fsp3) is 0.455. The zero-order valence-corrected chi connectivity index (χ0v) is 18.3. The summed E-state index contributed by atoms with van der Waals surface area (Å²) in [6.07, 6.45) is 0. The van der Waals surface area contributed by atoms with E-state index in [9.17, 15) is 4.57 Å². The van der Waals surface area contributed by atoms with Crippen molar-refractivity contribution in [2.75, 3.05) is 0 Å². The molecular formula is C22H30ClOP. The second kappa shape index (κ2) is 6.60. The first-order valence-electron chi connectivity index (χ1n) is 8.77. The highest BCUT2D eigenvalue weighted by atomic mass is 35.7. The quantitative estimate of drug-likeness (QED) is 0.557. The SMILES string of the molecule is Cc1ccc(C(C)(C)C)cc1P(=O)(Cl)c1cc(C(C)(C)C)ccc1C. The zero-order valence-electron chi connectivity index (χ0n) is 16.7. The van der Waals surface area contributed by atoms with Gasteiger partial charge in [0.2, 0.25) is 6.49 Å².